The minimum absolute atomic E-state index is 0.0232. The third kappa shape index (κ3) is 4.09. The van der Waals surface area contributed by atoms with Crippen LogP contribution in [0.5, 0.6) is 0 Å². The minimum atomic E-state index is 0.0232. The fourth-order valence-corrected chi connectivity index (χ4v) is 2.97. The zero-order chi connectivity index (χ0) is 16.1. The van der Waals surface area contributed by atoms with Gasteiger partial charge in [0.2, 0.25) is 11.8 Å². The minimum Gasteiger partial charge on any atom is -0.349 e. The number of nitrogens with zero attached hydrogens (tertiary/aromatic N) is 1. The van der Waals surface area contributed by atoms with Crippen LogP contribution in [0.15, 0.2) is 24.3 Å². The van der Waals surface area contributed by atoms with Gasteiger partial charge in [-0.15, -0.1) is 0 Å². The molecule has 0 aromatic heterocycles. The van der Waals surface area contributed by atoms with Gasteiger partial charge < -0.3 is 10.2 Å². The van der Waals surface area contributed by atoms with Crippen molar-refractivity contribution >= 4 is 11.8 Å². The lowest BCUT2D eigenvalue weighted by molar-refractivity contribution is -0.134. The predicted octanol–water partition coefficient (Wildman–Crippen LogP) is 2.82. The highest BCUT2D eigenvalue weighted by Crippen LogP contribution is 2.21. The third-order valence-corrected chi connectivity index (χ3v) is 4.52. The molecule has 0 spiro atoms. The fraction of sp³-hybridized carbons (Fsp3) is 0.556. The molecule has 1 aliphatic heterocycles. The number of rotatable bonds is 4. The van der Waals surface area contributed by atoms with E-state index in [1.54, 1.807) is 6.92 Å². The van der Waals surface area contributed by atoms with Gasteiger partial charge in [-0.25, -0.2) is 0 Å². The number of amides is 2. The van der Waals surface area contributed by atoms with Gasteiger partial charge in [-0.2, -0.15) is 0 Å². The summed E-state index contributed by atoms with van der Waals surface area (Å²) in [7, 11) is 0. The van der Waals surface area contributed by atoms with Crippen LogP contribution in [0.2, 0.25) is 0 Å². The lowest BCUT2D eigenvalue weighted by atomic mass is 9.94. The first-order valence-corrected chi connectivity index (χ1v) is 8.13. The van der Waals surface area contributed by atoms with Crippen molar-refractivity contribution in [3.8, 4) is 0 Å². The van der Waals surface area contributed by atoms with Crippen molar-refractivity contribution in [3.63, 3.8) is 0 Å². The van der Waals surface area contributed by atoms with Gasteiger partial charge in [0, 0.05) is 25.9 Å². The van der Waals surface area contributed by atoms with E-state index in [4.69, 9.17) is 0 Å². The molecule has 1 atom stereocenters. The molecule has 0 aliphatic carbocycles. The summed E-state index contributed by atoms with van der Waals surface area (Å²) >= 11 is 0. The molecule has 0 radical (unpaired) electrons. The van der Waals surface area contributed by atoms with Gasteiger partial charge in [-0.3, -0.25) is 9.59 Å². The van der Waals surface area contributed by atoms with Gasteiger partial charge in [0.25, 0.3) is 0 Å². The predicted molar refractivity (Wildman–Crippen MR) is 87.3 cm³/mol. The summed E-state index contributed by atoms with van der Waals surface area (Å²) in [6.07, 6.45) is 2.40. The van der Waals surface area contributed by atoms with E-state index >= 15 is 0 Å². The van der Waals surface area contributed by atoms with E-state index < -0.39 is 0 Å². The van der Waals surface area contributed by atoms with E-state index in [1.165, 1.54) is 5.56 Å². The van der Waals surface area contributed by atoms with Crippen LogP contribution in [0.3, 0.4) is 0 Å². The Kier molecular flexibility index (Phi) is 5.58. The standard InChI is InChI=1S/C18H26N2O2/c1-4-17(15-7-5-13(2)6-8-15)19-18(22)16-9-11-20(12-10-16)14(3)21/h5-8,16-17H,4,9-12H2,1-3H3,(H,19,22). The molecule has 1 aromatic rings. The Labute approximate surface area is 132 Å². The quantitative estimate of drug-likeness (QED) is 0.930. The average Bonchev–Trinajstić information content (AvgIpc) is 2.53. The van der Waals surface area contributed by atoms with E-state index in [1.807, 2.05) is 4.90 Å². The van der Waals surface area contributed by atoms with Gasteiger partial charge >= 0.3 is 0 Å². The van der Waals surface area contributed by atoms with Crippen LogP contribution in [0.4, 0.5) is 0 Å². The van der Waals surface area contributed by atoms with Crippen LogP contribution in [-0.4, -0.2) is 29.8 Å². The normalized spacial score (nSPS) is 17.1. The van der Waals surface area contributed by atoms with Crippen LogP contribution in [0, 0.1) is 12.8 Å². The Bertz CT molecular complexity index is 516. The molecule has 1 fully saturated rings. The van der Waals surface area contributed by atoms with Crippen molar-refractivity contribution in [2.24, 2.45) is 5.92 Å². The number of nitrogens with one attached hydrogen (secondary N) is 1. The lowest BCUT2D eigenvalue weighted by Crippen LogP contribution is -2.43. The second-order valence-corrected chi connectivity index (χ2v) is 6.16. The van der Waals surface area contributed by atoms with Crippen molar-refractivity contribution < 1.29 is 9.59 Å². The molecule has 120 valence electrons. The molecule has 1 aromatic carbocycles. The Morgan fingerprint density at radius 2 is 1.82 bits per heavy atom. The van der Waals surface area contributed by atoms with Gasteiger partial charge in [-0.1, -0.05) is 36.8 Å². The van der Waals surface area contributed by atoms with E-state index in [-0.39, 0.29) is 23.8 Å². The molecule has 1 aliphatic rings. The first-order chi connectivity index (χ1) is 10.5. The largest absolute Gasteiger partial charge is 0.349 e. The van der Waals surface area contributed by atoms with Crippen molar-refractivity contribution in [2.75, 3.05) is 13.1 Å². The van der Waals surface area contributed by atoms with Crippen molar-refractivity contribution in [1.29, 1.82) is 0 Å². The maximum absolute atomic E-state index is 12.5. The molecule has 0 bridgehead atoms. The Hall–Kier alpha value is -1.84. The molecule has 1 heterocycles. The summed E-state index contributed by atoms with van der Waals surface area (Å²) < 4.78 is 0. The molecule has 1 unspecified atom stereocenters. The highest BCUT2D eigenvalue weighted by Gasteiger charge is 2.27. The first kappa shape index (κ1) is 16.5. The van der Waals surface area contributed by atoms with E-state index in [0.29, 0.717) is 13.1 Å². The maximum Gasteiger partial charge on any atom is 0.223 e. The van der Waals surface area contributed by atoms with E-state index in [2.05, 4.69) is 43.4 Å². The highest BCUT2D eigenvalue weighted by atomic mass is 16.2. The smallest absolute Gasteiger partial charge is 0.223 e. The number of benzene rings is 1. The third-order valence-electron chi connectivity index (χ3n) is 4.52. The number of hydrogen-bond acceptors (Lipinski definition) is 2. The Morgan fingerprint density at radius 1 is 1.23 bits per heavy atom. The number of aryl methyl sites for hydroxylation is 1. The summed E-state index contributed by atoms with van der Waals surface area (Å²) in [6, 6.07) is 8.40. The fourth-order valence-electron chi connectivity index (χ4n) is 2.97. The summed E-state index contributed by atoms with van der Waals surface area (Å²) in [5, 5.41) is 3.17. The molecule has 4 heteroatoms. The summed E-state index contributed by atoms with van der Waals surface area (Å²) in [6.45, 7) is 7.11. The molecule has 1 saturated heterocycles. The van der Waals surface area contributed by atoms with Crippen LogP contribution in [0.1, 0.15) is 50.3 Å². The monoisotopic (exact) mass is 302 g/mol. The number of likely N-dealkylation sites (tertiary alicyclic amines) is 1. The maximum atomic E-state index is 12.5. The summed E-state index contributed by atoms with van der Waals surface area (Å²) in [5.74, 6) is 0.246. The molecule has 2 rings (SSSR count). The Morgan fingerprint density at radius 3 is 2.32 bits per heavy atom. The van der Waals surface area contributed by atoms with Crippen molar-refractivity contribution in [3.05, 3.63) is 35.4 Å². The van der Waals surface area contributed by atoms with Crippen molar-refractivity contribution in [1.82, 2.24) is 10.2 Å². The summed E-state index contributed by atoms with van der Waals surface area (Å²) in [5.41, 5.74) is 2.38. The number of carbonyl (C=O) groups excluding carboxylic acids is 2. The van der Waals surface area contributed by atoms with Crippen LogP contribution in [-0.2, 0) is 9.59 Å². The molecule has 4 nitrogen and oxygen atoms in total. The molecular formula is C18H26N2O2. The molecule has 0 saturated carbocycles. The van der Waals surface area contributed by atoms with Gasteiger partial charge in [0.1, 0.15) is 0 Å². The summed E-state index contributed by atoms with van der Waals surface area (Å²) in [4.78, 5) is 25.6. The SMILES string of the molecule is CCC(NC(=O)C1CCN(C(C)=O)CC1)c1ccc(C)cc1. The van der Waals surface area contributed by atoms with Gasteiger partial charge in [0.15, 0.2) is 0 Å². The lowest BCUT2D eigenvalue weighted by Gasteiger charge is -2.31. The first-order valence-electron chi connectivity index (χ1n) is 8.13. The number of carbonyl (C=O) groups is 2. The van der Waals surface area contributed by atoms with Crippen LogP contribution < -0.4 is 5.32 Å². The van der Waals surface area contributed by atoms with Crippen molar-refractivity contribution in [2.45, 2.75) is 46.1 Å². The Balaban J connectivity index is 1.93. The second-order valence-electron chi connectivity index (χ2n) is 6.16. The highest BCUT2D eigenvalue weighted by molar-refractivity contribution is 5.80. The molecule has 2 amide bonds. The molecular weight excluding hydrogens is 276 g/mol. The number of hydrogen-bond donors (Lipinski definition) is 1. The van der Waals surface area contributed by atoms with Crippen LogP contribution >= 0.6 is 0 Å². The van der Waals surface area contributed by atoms with Gasteiger partial charge in [0.05, 0.1) is 6.04 Å². The topological polar surface area (TPSA) is 49.4 Å². The molecule has 1 N–H and O–H groups in total. The zero-order valence-corrected chi connectivity index (χ0v) is 13.8. The average molecular weight is 302 g/mol. The van der Waals surface area contributed by atoms with E-state index in [0.717, 1.165) is 24.8 Å². The van der Waals surface area contributed by atoms with Gasteiger partial charge in [-0.05, 0) is 31.7 Å². The second kappa shape index (κ2) is 7.43. The molecule has 22 heavy (non-hydrogen) atoms. The van der Waals surface area contributed by atoms with E-state index in [9.17, 15) is 9.59 Å². The number of piperidine rings is 1. The van der Waals surface area contributed by atoms with Crippen LogP contribution in [0.25, 0.3) is 0 Å². The zero-order valence-electron chi connectivity index (χ0n) is 13.8.